The minimum atomic E-state index is -0.112. The number of halogens is 1. The van der Waals surface area contributed by atoms with Crippen molar-refractivity contribution in [3.8, 4) is 0 Å². The van der Waals surface area contributed by atoms with Crippen molar-refractivity contribution in [3.05, 3.63) is 35.5 Å². The summed E-state index contributed by atoms with van der Waals surface area (Å²) < 4.78 is 0. The zero-order chi connectivity index (χ0) is 15.5. The van der Waals surface area contributed by atoms with E-state index in [1.165, 1.54) is 0 Å². The molecule has 1 fully saturated rings. The Morgan fingerprint density at radius 2 is 2.14 bits per heavy atom. The van der Waals surface area contributed by atoms with Gasteiger partial charge in [-0.2, -0.15) is 0 Å². The van der Waals surface area contributed by atoms with E-state index in [4.69, 9.17) is 11.6 Å². The van der Waals surface area contributed by atoms with Gasteiger partial charge in [-0.25, -0.2) is 0 Å². The fourth-order valence-corrected chi connectivity index (χ4v) is 3.82. The van der Waals surface area contributed by atoms with E-state index in [0.717, 1.165) is 42.0 Å². The highest BCUT2D eigenvalue weighted by molar-refractivity contribution is 8.00. The number of fused-ring (bicyclic) bond motifs is 1. The molecule has 6 heteroatoms. The number of benzene rings is 1. The van der Waals surface area contributed by atoms with E-state index < -0.39 is 0 Å². The SMILES string of the molecule is CC(Sc1ccnc2cc(Cl)ccc12)C(=O)N1CCNCC1. The third-order valence-corrected chi connectivity index (χ3v) is 5.15. The molecule has 1 unspecified atom stereocenters. The lowest BCUT2D eigenvalue weighted by Crippen LogP contribution is -2.48. The molecule has 1 aliphatic rings. The lowest BCUT2D eigenvalue weighted by Gasteiger charge is -2.29. The standard InChI is InChI=1S/C16H18ClN3OS/c1-11(16(21)20-8-6-18-7-9-20)22-15-4-5-19-14-10-12(17)2-3-13(14)15/h2-5,10-11,18H,6-9H2,1H3. The first kappa shape index (κ1) is 15.6. The number of hydrogen-bond donors (Lipinski definition) is 1. The number of hydrogen-bond acceptors (Lipinski definition) is 4. The van der Waals surface area contributed by atoms with Crippen LogP contribution >= 0.6 is 23.4 Å². The summed E-state index contributed by atoms with van der Waals surface area (Å²) in [5.41, 5.74) is 0.860. The van der Waals surface area contributed by atoms with Gasteiger partial charge in [-0.3, -0.25) is 9.78 Å². The number of amides is 1. The summed E-state index contributed by atoms with van der Waals surface area (Å²) in [6.45, 7) is 5.30. The number of carbonyl (C=O) groups excluding carboxylic acids is 1. The van der Waals surface area contributed by atoms with Crippen LogP contribution in [-0.4, -0.2) is 47.2 Å². The second-order valence-corrected chi connectivity index (χ2v) is 7.12. The first-order chi connectivity index (χ1) is 10.6. The zero-order valence-electron chi connectivity index (χ0n) is 12.4. The van der Waals surface area contributed by atoms with E-state index in [9.17, 15) is 4.79 Å². The molecular weight excluding hydrogens is 318 g/mol. The van der Waals surface area contributed by atoms with Crippen molar-refractivity contribution in [1.29, 1.82) is 0 Å². The van der Waals surface area contributed by atoms with Gasteiger partial charge in [-0.1, -0.05) is 17.7 Å². The lowest BCUT2D eigenvalue weighted by atomic mass is 10.2. The Morgan fingerprint density at radius 3 is 2.91 bits per heavy atom. The van der Waals surface area contributed by atoms with Gasteiger partial charge in [0.1, 0.15) is 0 Å². The Hall–Kier alpha value is -1.30. The molecule has 2 aromatic rings. The summed E-state index contributed by atoms with van der Waals surface area (Å²) in [7, 11) is 0. The second-order valence-electron chi connectivity index (χ2n) is 5.31. The molecule has 116 valence electrons. The predicted octanol–water partition coefficient (Wildman–Crippen LogP) is 2.80. The molecule has 1 amide bonds. The van der Waals surface area contributed by atoms with Crippen molar-refractivity contribution >= 4 is 40.2 Å². The molecule has 0 bridgehead atoms. The van der Waals surface area contributed by atoms with Crippen LogP contribution in [0.5, 0.6) is 0 Å². The van der Waals surface area contributed by atoms with Crippen LogP contribution in [0.4, 0.5) is 0 Å². The van der Waals surface area contributed by atoms with Gasteiger partial charge in [0.2, 0.25) is 5.91 Å². The summed E-state index contributed by atoms with van der Waals surface area (Å²) >= 11 is 7.60. The number of piperazine rings is 1. The maximum Gasteiger partial charge on any atom is 0.235 e. The third kappa shape index (κ3) is 3.37. The van der Waals surface area contributed by atoms with Crippen molar-refractivity contribution in [1.82, 2.24) is 15.2 Å². The monoisotopic (exact) mass is 335 g/mol. The zero-order valence-corrected chi connectivity index (χ0v) is 14.0. The molecule has 0 radical (unpaired) electrons. The second kappa shape index (κ2) is 6.86. The van der Waals surface area contributed by atoms with Crippen LogP contribution in [0.1, 0.15) is 6.92 Å². The molecule has 22 heavy (non-hydrogen) atoms. The van der Waals surface area contributed by atoms with Crippen molar-refractivity contribution in [2.24, 2.45) is 0 Å². The summed E-state index contributed by atoms with van der Waals surface area (Å²) in [6.07, 6.45) is 1.77. The molecular formula is C16H18ClN3OS. The van der Waals surface area contributed by atoms with Crippen LogP contribution in [0.2, 0.25) is 5.02 Å². The number of pyridine rings is 1. The number of thioether (sulfide) groups is 1. The van der Waals surface area contributed by atoms with Gasteiger partial charge in [-0.05, 0) is 25.1 Å². The molecule has 1 aromatic heterocycles. The van der Waals surface area contributed by atoms with Crippen molar-refractivity contribution in [2.45, 2.75) is 17.1 Å². The average molecular weight is 336 g/mol. The first-order valence-corrected chi connectivity index (χ1v) is 8.61. The Labute approximate surface area is 139 Å². The number of rotatable bonds is 3. The summed E-state index contributed by atoms with van der Waals surface area (Å²) in [5.74, 6) is 0.199. The molecule has 0 spiro atoms. The highest BCUT2D eigenvalue weighted by atomic mass is 35.5. The maximum absolute atomic E-state index is 12.5. The third-order valence-electron chi connectivity index (χ3n) is 3.74. The summed E-state index contributed by atoms with van der Waals surface area (Å²) in [5, 5.41) is 4.87. The van der Waals surface area contributed by atoms with E-state index in [0.29, 0.717) is 5.02 Å². The van der Waals surface area contributed by atoms with E-state index in [2.05, 4.69) is 10.3 Å². The van der Waals surface area contributed by atoms with E-state index in [1.54, 1.807) is 18.0 Å². The Balaban J connectivity index is 1.78. The Bertz CT molecular complexity index is 688. The Kier molecular flexibility index (Phi) is 4.86. The Morgan fingerprint density at radius 1 is 1.36 bits per heavy atom. The van der Waals surface area contributed by atoms with Gasteiger partial charge in [0, 0.05) is 47.7 Å². The van der Waals surface area contributed by atoms with Crippen LogP contribution in [0.15, 0.2) is 35.4 Å². The van der Waals surface area contributed by atoms with Crippen LogP contribution < -0.4 is 5.32 Å². The molecule has 0 aliphatic carbocycles. The molecule has 4 nitrogen and oxygen atoms in total. The molecule has 3 rings (SSSR count). The van der Waals surface area contributed by atoms with E-state index >= 15 is 0 Å². The van der Waals surface area contributed by atoms with Gasteiger partial charge in [0.05, 0.1) is 10.8 Å². The van der Waals surface area contributed by atoms with Gasteiger partial charge in [-0.15, -0.1) is 11.8 Å². The summed E-state index contributed by atoms with van der Waals surface area (Å²) in [4.78, 5) is 19.9. The van der Waals surface area contributed by atoms with E-state index in [1.807, 2.05) is 36.1 Å². The van der Waals surface area contributed by atoms with Crippen molar-refractivity contribution in [3.63, 3.8) is 0 Å². The van der Waals surface area contributed by atoms with Crippen LogP contribution in [-0.2, 0) is 4.79 Å². The molecule has 0 saturated carbocycles. The lowest BCUT2D eigenvalue weighted by molar-refractivity contribution is -0.130. The number of aromatic nitrogens is 1. The van der Waals surface area contributed by atoms with Gasteiger partial charge in [0.25, 0.3) is 0 Å². The largest absolute Gasteiger partial charge is 0.339 e. The number of nitrogens with one attached hydrogen (secondary N) is 1. The minimum absolute atomic E-state index is 0.112. The molecule has 1 N–H and O–H groups in total. The summed E-state index contributed by atoms with van der Waals surface area (Å²) in [6, 6.07) is 7.64. The first-order valence-electron chi connectivity index (χ1n) is 7.35. The van der Waals surface area contributed by atoms with Crippen LogP contribution in [0, 0.1) is 0 Å². The van der Waals surface area contributed by atoms with Gasteiger partial charge in [0.15, 0.2) is 0 Å². The molecule has 2 heterocycles. The molecule has 1 aromatic carbocycles. The van der Waals surface area contributed by atoms with Gasteiger partial charge < -0.3 is 10.2 Å². The number of carbonyl (C=O) groups is 1. The molecule has 1 saturated heterocycles. The highest BCUT2D eigenvalue weighted by Crippen LogP contribution is 2.31. The van der Waals surface area contributed by atoms with Crippen molar-refractivity contribution < 1.29 is 4.79 Å². The van der Waals surface area contributed by atoms with Crippen LogP contribution in [0.25, 0.3) is 10.9 Å². The number of nitrogens with zero attached hydrogens (tertiary/aromatic N) is 2. The van der Waals surface area contributed by atoms with E-state index in [-0.39, 0.29) is 11.2 Å². The topological polar surface area (TPSA) is 45.2 Å². The highest BCUT2D eigenvalue weighted by Gasteiger charge is 2.23. The predicted molar refractivity (Wildman–Crippen MR) is 91.5 cm³/mol. The minimum Gasteiger partial charge on any atom is -0.339 e. The van der Waals surface area contributed by atoms with Crippen LogP contribution in [0.3, 0.4) is 0 Å². The maximum atomic E-state index is 12.5. The molecule has 1 atom stereocenters. The van der Waals surface area contributed by atoms with Crippen molar-refractivity contribution in [2.75, 3.05) is 26.2 Å². The fourth-order valence-electron chi connectivity index (χ4n) is 2.58. The quantitative estimate of drug-likeness (QED) is 0.876. The fraction of sp³-hybridized carbons (Fsp3) is 0.375. The average Bonchev–Trinajstić information content (AvgIpc) is 2.55. The normalized spacial score (nSPS) is 16.7. The molecule has 1 aliphatic heterocycles. The smallest absolute Gasteiger partial charge is 0.235 e. The van der Waals surface area contributed by atoms with Gasteiger partial charge >= 0.3 is 0 Å².